The summed E-state index contributed by atoms with van der Waals surface area (Å²) in [6.45, 7) is 2.65. The first-order chi connectivity index (χ1) is 11.7. The molecule has 0 saturated carbocycles. The van der Waals surface area contributed by atoms with Crippen LogP contribution in [0.2, 0.25) is 0 Å². The number of benzene rings is 2. The van der Waals surface area contributed by atoms with Gasteiger partial charge in [0, 0.05) is 24.1 Å². The van der Waals surface area contributed by atoms with E-state index in [0.29, 0.717) is 6.54 Å². The van der Waals surface area contributed by atoms with Crippen molar-refractivity contribution >= 4 is 17.3 Å². The van der Waals surface area contributed by atoms with Crippen molar-refractivity contribution in [3.8, 4) is 6.07 Å². The molecule has 4 heteroatoms. The minimum atomic E-state index is -0.260. The van der Waals surface area contributed by atoms with Crippen molar-refractivity contribution in [2.24, 2.45) is 0 Å². The van der Waals surface area contributed by atoms with E-state index in [-0.39, 0.29) is 11.5 Å². The van der Waals surface area contributed by atoms with Gasteiger partial charge in [0.2, 0.25) is 0 Å². The molecule has 0 unspecified atom stereocenters. The van der Waals surface area contributed by atoms with E-state index in [1.165, 1.54) is 6.20 Å². The summed E-state index contributed by atoms with van der Waals surface area (Å²) in [7, 11) is 0. The Morgan fingerprint density at radius 1 is 1.21 bits per heavy atom. The number of carbonyl (C=O) groups is 1. The average molecular weight is 317 g/mol. The highest BCUT2D eigenvalue weighted by Gasteiger charge is 2.24. The van der Waals surface area contributed by atoms with Gasteiger partial charge in [-0.2, -0.15) is 5.26 Å². The molecule has 0 aliphatic carbocycles. The summed E-state index contributed by atoms with van der Waals surface area (Å²) < 4.78 is 0. The predicted octanol–water partition coefficient (Wildman–Crippen LogP) is 3.79. The number of nitrogens with zero attached hydrogens (tertiary/aromatic N) is 2. The van der Waals surface area contributed by atoms with Gasteiger partial charge in [-0.3, -0.25) is 4.79 Å². The maximum absolute atomic E-state index is 12.8. The smallest absolute Gasteiger partial charge is 0.270 e. The summed E-state index contributed by atoms with van der Waals surface area (Å²) in [5.41, 5.74) is 4.17. The van der Waals surface area contributed by atoms with Crippen molar-refractivity contribution in [2.75, 3.05) is 16.8 Å². The molecule has 24 heavy (non-hydrogen) atoms. The summed E-state index contributed by atoms with van der Waals surface area (Å²) in [6.07, 6.45) is 3.37. The van der Waals surface area contributed by atoms with E-state index in [1.807, 2.05) is 61.5 Å². The summed E-state index contributed by atoms with van der Waals surface area (Å²) >= 11 is 0. The van der Waals surface area contributed by atoms with E-state index in [0.717, 1.165) is 35.3 Å². The highest BCUT2D eigenvalue weighted by atomic mass is 16.2. The molecule has 0 saturated heterocycles. The van der Waals surface area contributed by atoms with Crippen LogP contribution in [0.15, 0.2) is 60.3 Å². The Morgan fingerprint density at radius 3 is 2.71 bits per heavy atom. The maximum atomic E-state index is 12.8. The van der Waals surface area contributed by atoms with Crippen LogP contribution in [-0.4, -0.2) is 12.5 Å². The Hall–Kier alpha value is -3.06. The van der Waals surface area contributed by atoms with Crippen molar-refractivity contribution in [1.29, 1.82) is 5.26 Å². The first kappa shape index (κ1) is 15.8. The van der Waals surface area contributed by atoms with Crippen LogP contribution in [0, 0.1) is 18.3 Å². The van der Waals surface area contributed by atoms with Crippen LogP contribution >= 0.6 is 0 Å². The van der Waals surface area contributed by atoms with E-state index in [2.05, 4.69) is 5.32 Å². The normalized spacial score (nSPS) is 13.8. The fourth-order valence-electron chi connectivity index (χ4n) is 2.84. The molecular weight excluding hydrogens is 298 g/mol. The van der Waals surface area contributed by atoms with Gasteiger partial charge in [0.25, 0.3) is 5.91 Å². The molecule has 0 radical (unpaired) electrons. The van der Waals surface area contributed by atoms with Crippen LogP contribution < -0.4 is 10.2 Å². The van der Waals surface area contributed by atoms with E-state index in [1.54, 1.807) is 4.90 Å². The number of rotatable bonds is 3. The molecule has 2 aromatic carbocycles. The van der Waals surface area contributed by atoms with Gasteiger partial charge < -0.3 is 10.2 Å². The molecule has 0 bridgehead atoms. The monoisotopic (exact) mass is 317 g/mol. The van der Waals surface area contributed by atoms with Crippen LogP contribution in [0.4, 0.5) is 11.4 Å². The molecule has 1 N–H and O–H groups in total. The first-order valence-electron chi connectivity index (χ1n) is 8.02. The molecule has 0 atom stereocenters. The zero-order valence-corrected chi connectivity index (χ0v) is 13.6. The summed E-state index contributed by atoms with van der Waals surface area (Å²) in [5.74, 6) is -0.260. The number of fused-ring (bicyclic) bond motifs is 1. The molecule has 120 valence electrons. The second-order valence-electron chi connectivity index (χ2n) is 5.87. The molecule has 1 aliphatic rings. The minimum absolute atomic E-state index is 0.104. The SMILES string of the molecule is Cc1ccc(N/C=C(/C#N)C(=O)N2CCCc3ccccc32)cc1. The fraction of sp³-hybridized carbons (Fsp3) is 0.200. The van der Waals surface area contributed by atoms with Gasteiger partial charge in [-0.05, 0) is 43.5 Å². The lowest BCUT2D eigenvalue weighted by Gasteiger charge is -2.29. The van der Waals surface area contributed by atoms with Crippen molar-refractivity contribution in [2.45, 2.75) is 19.8 Å². The quantitative estimate of drug-likeness (QED) is 0.692. The van der Waals surface area contributed by atoms with E-state index < -0.39 is 0 Å². The molecule has 1 heterocycles. The van der Waals surface area contributed by atoms with Crippen LogP contribution in [0.25, 0.3) is 0 Å². The molecule has 1 amide bonds. The zero-order chi connectivity index (χ0) is 16.9. The lowest BCUT2D eigenvalue weighted by atomic mass is 10.0. The molecular formula is C20H19N3O. The standard InChI is InChI=1S/C20H19N3O/c1-15-8-10-18(11-9-15)22-14-17(13-21)20(24)23-12-4-6-16-5-2-3-7-19(16)23/h2-3,5,7-11,14,22H,4,6,12H2,1H3/b17-14-. The van der Waals surface area contributed by atoms with E-state index in [9.17, 15) is 10.1 Å². The van der Waals surface area contributed by atoms with Gasteiger partial charge >= 0.3 is 0 Å². The minimum Gasteiger partial charge on any atom is -0.360 e. The third-order valence-corrected chi connectivity index (χ3v) is 4.14. The lowest BCUT2D eigenvalue weighted by Crippen LogP contribution is -2.36. The second-order valence-corrected chi connectivity index (χ2v) is 5.87. The largest absolute Gasteiger partial charge is 0.360 e. The number of amides is 1. The average Bonchev–Trinajstić information content (AvgIpc) is 2.63. The van der Waals surface area contributed by atoms with Crippen LogP contribution in [0.1, 0.15) is 17.5 Å². The predicted molar refractivity (Wildman–Crippen MR) is 95.6 cm³/mol. The molecule has 0 fully saturated rings. The Balaban J connectivity index is 1.81. The molecule has 0 aromatic heterocycles. The van der Waals surface area contributed by atoms with Gasteiger partial charge in [0.15, 0.2) is 0 Å². The number of nitriles is 1. The number of anilines is 2. The molecule has 1 aliphatic heterocycles. The third-order valence-electron chi connectivity index (χ3n) is 4.14. The summed E-state index contributed by atoms with van der Waals surface area (Å²) in [5, 5.41) is 12.4. The van der Waals surface area contributed by atoms with E-state index in [4.69, 9.17) is 0 Å². The number of para-hydroxylation sites is 1. The van der Waals surface area contributed by atoms with Crippen molar-refractivity contribution in [3.05, 3.63) is 71.4 Å². The van der Waals surface area contributed by atoms with Crippen LogP contribution in [0.3, 0.4) is 0 Å². The molecule has 0 spiro atoms. The van der Waals surface area contributed by atoms with Gasteiger partial charge in [0.1, 0.15) is 11.6 Å². The van der Waals surface area contributed by atoms with Crippen molar-refractivity contribution in [1.82, 2.24) is 0 Å². The second kappa shape index (κ2) is 7.01. The van der Waals surface area contributed by atoms with Gasteiger partial charge in [-0.15, -0.1) is 0 Å². The van der Waals surface area contributed by atoms with Crippen molar-refractivity contribution in [3.63, 3.8) is 0 Å². The van der Waals surface area contributed by atoms with E-state index >= 15 is 0 Å². The van der Waals surface area contributed by atoms with Gasteiger partial charge in [-0.1, -0.05) is 35.9 Å². The highest BCUT2D eigenvalue weighted by Crippen LogP contribution is 2.27. The van der Waals surface area contributed by atoms with Crippen LogP contribution in [0.5, 0.6) is 0 Å². The van der Waals surface area contributed by atoms with Crippen molar-refractivity contribution < 1.29 is 4.79 Å². The number of hydrogen-bond acceptors (Lipinski definition) is 3. The Labute approximate surface area is 142 Å². The van der Waals surface area contributed by atoms with Gasteiger partial charge in [-0.25, -0.2) is 0 Å². The number of carbonyl (C=O) groups excluding carboxylic acids is 1. The molecule has 3 rings (SSSR count). The number of hydrogen-bond donors (Lipinski definition) is 1. The fourth-order valence-corrected chi connectivity index (χ4v) is 2.84. The Bertz CT molecular complexity index is 816. The zero-order valence-electron chi connectivity index (χ0n) is 13.6. The highest BCUT2D eigenvalue weighted by molar-refractivity contribution is 6.09. The third kappa shape index (κ3) is 3.31. The topological polar surface area (TPSA) is 56.1 Å². The first-order valence-corrected chi connectivity index (χ1v) is 8.02. The number of nitrogens with one attached hydrogen (secondary N) is 1. The number of aryl methyl sites for hydroxylation is 2. The summed E-state index contributed by atoms with van der Waals surface area (Å²) in [4.78, 5) is 14.5. The van der Waals surface area contributed by atoms with Gasteiger partial charge in [0.05, 0.1) is 0 Å². The maximum Gasteiger partial charge on any atom is 0.270 e. The lowest BCUT2D eigenvalue weighted by molar-refractivity contribution is -0.114. The Kier molecular flexibility index (Phi) is 4.62. The molecule has 4 nitrogen and oxygen atoms in total. The van der Waals surface area contributed by atoms with Crippen LogP contribution in [-0.2, 0) is 11.2 Å². The Morgan fingerprint density at radius 2 is 1.96 bits per heavy atom. The summed E-state index contributed by atoms with van der Waals surface area (Å²) in [6, 6.07) is 17.7. The molecule has 2 aromatic rings.